The number of hydrogen-bond donors (Lipinski definition) is 1. The van der Waals surface area contributed by atoms with Gasteiger partial charge in [0.25, 0.3) is 5.91 Å². The van der Waals surface area contributed by atoms with E-state index in [9.17, 15) is 4.79 Å². The predicted molar refractivity (Wildman–Crippen MR) is 68.4 cm³/mol. The molecule has 1 aromatic heterocycles. The van der Waals surface area contributed by atoms with E-state index in [1.807, 2.05) is 16.8 Å². The minimum atomic E-state index is -0.0153. The Morgan fingerprint density at radius 1 is 1.44 bits per heavy atom. The lowest BCUT2D eigenvalue weighted by molar-refractivity contribution is 0.0951. The normalized spacial score (nSPS) is 15.3. The molecule has 0 radical (unpaired) electrons. The van der Waals surface area contributed by atoms with E-state index in [0.717, 1.165) is 23.9 Å². The lowest BCUT2D eigenvalue weighted by atomic mass is 10.2. The molecule has 5 nitrogen and oxygen atoms in total. The zero-order valence-corrected chi connectivity index (χ0v) is 10.6. The van der Waals surface area contributed by atoms with Crippen molar-refractivity contribution in [1.82, 2.24) is 20.3 Å². The van der Waals surface area contributed by atoms with Crippen LogP contribution >= 0.6 is 0 Å². The number of nitrogens with one attached hydrogen (secondary N) is 1. The number of aromatic nitrogens is 3. The molecule has 3 rings (SSSR count). The van der Waals surface area contributed by atoms with Crippen LogP contribution in [-0.4, -0.2) is 26.9 Å². The monoisotopic (exact) mass is 244 g/mol. The van der Waals surface area contributed by atoms with E-state index < -0.39 is 0 Å². The van der Waals surface area contributed by atoms with Crippen molar-refractivity contribution in [2.24, 2.45) is 0 Å². The second kappa shape index (κ2) is 4.08. The molecule has 1 fully saturated rings. The molecule has 1 saturated carbocycles. The highest BCUT2D eigenvalue weighted by atomic mass is 16.1. The van der Waals surface area contributed by atoms with Gasteiger partial charge in [0.05, 0.1) is 5.52 Å². The molecule has 18 heavy (non-hydrogen) atoms. The van der Waals surface area contributed by atoms with Crippen LogP contribution in [0.25, 0.3) is 11.0 Å². The second-order valence-electron chi connectivity index (χ2n) is 5.08. The molecule has 1 aromatic carbocycles. The first-order valence-electron chi connectivity index (χ1n) is 6.31. The van der Waals surface area contributed by atoms with Crippen LogP contribution in [0.4, 0.5) is 0 Å². The molecule has 2 aromatic rings. The smallest absolute Gasteiger partial charge is 0.251 e. The molecule has 1 N–H and O–H groups in total. The van der Waals surface area contributed by atoms with Gasteiger partial charge >= 0.3 is 0 Å². The molecule has 1 aliphatic rings. The first-order chi connectivity index (χ1) is 8.65. The summed E-state index contributed by atoms with van der Waals surface area (Å²) in [4.78, 5) is 11.9. The molecule has 94 valence electrons. The maximum absolute atomic E-state index is 11.9. The first-order valence-corrected chi connectivity index (χ1v) is 6.31. The number of amides is 1. The van der Waals surface area contributed by atoms with Gasteiger partial charge in [-0.1, -0.05) is 5.21 Å². The largest absolute Gasteiger partial charge is 0.349 e. The Kier molecular flexibility index (Phi) is 2.54. The third kappa shape index (κ3) is 1.96. The topological polar surface area (TPSA) is 59.8 Å². The summed E-state index contributed by atoms with van der Waals surface area (Å²) < 4.78 is 1.86. The van der Waals surface area contributed by atoms with E-state index in [1.165, 1.54) is 0 Å². The summed E-state index contributed by atoms with van der Waals surface area (Å²) >= 11 is 0. The van der Waals surface area contributed by atoms with Crippen molar-refractivity contribution in [1.29, 1.82) is 0 Å². The molecule has 0 unspecified atom stereocenters. The van der Waals surface area contributed by atoms with Crippen molar-refractivity contribution in [2.45, 2.75) is 38.8 Å². The average molecular weight is 244 g/mol. The molecule has 0 atom stereocenters. The molecule has 0 aliphatic heterocycles. The predicted octanol–water partition coefficient (Wildman–Crippen LogP) is 1.90. The van der Waals surface area contributed by atoms with Crippen molar-refractivity contribution in [3.63, 3.8) is 0 Å². The van der Waals surface area contributed by atoms with E-state index in [0.29, 0.717) is 11.6 Å². The summed E-state index contributed by atoms with van der Waals surface area (Å²) in [6.07, 6.45) is 2.19. The van der Waals surface area contributed by atoms with Gasteiger partial charge in [0, 0.05) is 17.6 Å². The summed E-state index contributed by atoms with van der Waals surface area (Å²) in [5, 5.41) is 11.2. The van der Waals surface area contributed by atoms with Gasteiger partial charge in [-0.05, 0) is 44.9 Å². The van der Waals surface area contributed by atoms with Crippen LogP contribution in [0.2, 0.25) is 0 Å². The van der Waals surface area contributed by atoms with E-state index >= 15 is 0 Å². The summed E-state index contributed by atoms with van der Waals surface area (Å²) in [6, 6.07) is 6.19. The van der Waals surface area contributed by atoms with Crippen molar-refractivity contribution in [3.05, 3.63) is 23.8 Å². The number of rotatable bonds is 3. The van der Waals surface area contributed by atoms with Crippen LogP contribution < -0.4 is 5.32 Å². The molecule has 1 heterocycles. The molecule has 1 aliphatic carbocycles. The van der Waals surface area contributed by atoms with Gasteiger partial charge < -0.3 is 5.32 Å². The second-order valence-corrected chi connectivity index (χ2v) is 5.08. The van der Waals surface area contributed by atoms with Gasteiger partial charge in [-0.15, -0.1) is 5.10 Å². The lowest BCUT2D eigenvalue weighted by Gasteiger charge is -2.06. The Labute approximate surface area is 105 Å². The average Bonchev–Trinajstić information content (AvgIpc) is 3.05. The Balaban J connectivity index is 1.93. The third-order valence-corrected chi connectivity index (χ3v) is 3.13. The summed E-state index contributed by atoms with van der Waals surface area (Å²) in [6.45, 7) is 4.11. The van der Waals surface area contributed by atoms with Crippen molar-refractivity contribution >= 4 is 16.9 Å². The van der Waals surface area contributed by atoms with Crippen LogP contribution in [0.15, 0.2) is 18.2 Å². The number of hydrogen-bond acceptors (Lipinski definition) is 3. The van der Waals surface area contributed by atoms with Gasteiger partial charge in [-0.25, -0.2) is 4.68 Å². The molecule has 1 amide bonds. The number of benzene rings is 1. The van der Waals surface area contributed by atoms with E-state index in [-0.39, 0.29) is 11.9 Å². The first kappa shape index (κ1) is 11.2. The van der Waals surface area contributed by atoms with Crippen LogP contribution in [0.5, 0.6) is 0 Å². The molecule has 0 spiro atoms. The molecular weight excluding hydrogens is 228 g/mol. The van der Waals surface area contributed by atoms with Crippen LogP contribution in [0.3, 0.4) is 0 Å². The number of carbonyl (C=O) groups is 1. The highest BCUT2D eigenvalue weighted by molar-refractivity contribution is 5.97. The zero-order valence-electron chi connectivity index (χ0n) is 10.6. The number of fused-ring (bicyclic) bond motifs is 1. The quantitative estimate of drug-likeness (QED) is 0.897. The van der Waals surface area contributed by atoms with E-state index in [1.54, 1.807) is 6.07 Å². The fourth-order valence-corrected chi connectivity index (χ4v) is 1.96. The fourth-order valence-electron chi connectivity index (χ4n) is 1.96. The van der Waals surface area contributed by atoms with Crippen molar-refractivity contribution in [2.75, 3.05) is 0 Å². The Hall–Kier alpha value is -1.91. The van der Waals surface area contributed by atoms with Crippen molar-refractivity contribution in [3.8, 4) is 0 Å². The maximum atomic E-state index is 11.9. The molecular formula is C13H16N4O. The Bertz CT molecular complexity index is 598. The highest BCUT2D eigenvalue weighted by Gasteiger charge is 2.24. The highest BCUT2D eigenvalue weighted by Crippen LogP contribution is 2.21. The zero-order chi connectivity index (χ0) is 12.7. The molecule has 0 saturated heterocycles. The summed E-state index contributed by atoms with van der Waals surface area (Å²) in [5.41, 5.74) is 2.39. The SMILES string of the molecule is CC(C)n1nnc2cc(C(=O)NC3CC3)ccc21. The number of carbonyl (C=O) groups excluding carboxylic acids is 1. The third-order valence-electron chi connectivity index (χ3n) is 3.13. The minimum absolute atomic E-state index is 0.0153. The Morgan fingerprint density at radius 3 is 2.89 bits per heavy atom. The molecule has 5 heteroatoms. The lowest BCUT2D eigenvalue weighted by Crippen LogP contribution is -2.25. The van der Waals surface area contributed by atoms with Gasteiger partial charge in [0.2, 0.25) is 0 Å². The minimum Gasteiger partial charge on any atom is -0.349 e. The van der Waals surface area contributed by atoms with Crippen LogP contribution in [-0.2, 0) is 0 Å². The van der Waals surface area contributed by atoms with Gasteiger partial charge in [0.1, 0.15) is 5.52 Å². The van der Waals surface area contributed by atoms with Crippen molar-refractivity contribution < 1.29 is 4.79 Å². The Morgan fingerprint density at radius 2 is 2.22 bits per heavy atom. The summed E-state index contributed by atoms with van der Waals surface area (Å²) in [5.74, 6) is -0.0153. The standard InChI is InChI=1S/C13H16N4O/c1-8(2)17-12-6-3-9(7-11(12)15-16-17)13(18)14-10-4-5-10/h3,6-8,10H,4-5H2,1-2H3,(H,14,18). The van der Waals surface area contributed by atoms with Crippen LogP contribution in [0.1, 0.15) is 43.1 Å². The van der Waals surface area contributed by atoms with Crippen LogP contribution in [0, 0.1) is 0 Å². The summed E-state index contributed by atoms with van der Waals surface area (Å²) in [7, 11) is 0. The molecule has 0 bridgehead atoms. The van der Waals surface area contributed by atoms with Gasteiger partial charge in [0.15, 0.2) is 0 Å². The van der Waals surface area contributed by atoms with E-state index in [4.69, 9.17) is 0 Å². The number of nitrogens with zero attached hydrogens (tertiary/aromatic N) is 3. The van der Waals surface area contributed by atoms with E-state index in [2.05, 4.69) is 29.5 Å². The van der Waals surface area contributed by atoms with Gasteiger partial charge in [-0.2, -0.15) is 0 Å². The van der Waals surface area contributed by atoms with Gasteiger partial charge in [-0.3, -0.25) is 4.79 Å². The fraction of sp³-hybridized carbons (Fsp3) is 0.462. The maximum Gasteiger partial charge on any atom is 0.251 e.